The van der Waals surface area contributed by atoms with E-state index in [0.29, 0.717) is 0 Å². The number of anilines is 6. The highest BCUT2D eigenvalue weighted by Crippen LogP contribution is 2.65. The van der Waals surface area contributed by atoms with E-state index in [9.17, 15) is 0 Å². The molecular weight excluding hydrogens is 1050 g/mol. The van der Waals surface area contributed by atoms with Crippen molar-refractivity contribution in [2.24, 2.45) is 0 Å². The number of hydrogen-bond donors (Lipinski definition) is 0. The van der Waals surface area contributed by atoms with Gasteiger partial charge >= 0.3 is 0 Å². The molecule has 0 amide bonds. The van der Waals surface area contributed by atoms with Gasteiger partial charge in [0.05, 0.1) is 27.7 Å². The van der Waals surface area contributed by atoms with Crippen LogP contribution in [-0.4, -0.2) is 4.40 Å². The molecular formula is C81H51N3O2. The highest BCUT2D eigenvalue weighted by atomic mass is 16.3. The second-order valence-electron chi connectivity index (χ2n) is 23.6. The molecule has 402 valence electrons. The lowest BCUT2D eigenvalue weighted by molar-refractivity contribution is 0.668. The van der Waals surface area contributed by atoms with Crippen LogP contribution in [0.1, 0.15) is 33.4 Å². The van der Waals surface area contributed by atoms with E-state index in [1.54, 1.807) is 0 Å². The van der Waals surface area contributed by atoms with Gasteiger partial charge in [0.15, 0.2) is 0 Å². The monoisotopic (exact) mass is 1100 g/mol. The molecule has 0 bridgehead atoms. The fourth-order valence-corrected chi connectivity index (χ4v) is 15.5. The lowest BCUT2D eigenvalue weighted by Gasteiger charge is -2.30. The first-order valence-electron chi connectivity index (χ1n) is 29.7. The van der Waals surface area contributed by atoms with E-state index in [1.807, 2.05) is 18.2 Å². The number of aryl methyl sites for hydroxylation is 2. The van der Waals surface area contributed by atoms with Crippen molar-refractivity contribution in [3.8, 4) is 33.4 Å². The van der Waals surface area contributed by atoms with E-state index in [-0.39, 0.29) is 0 Å². The zero-order valence-corrected chi connectivity index (χ0v) is 47.1. The van der Waals surface area contributed by atoms with Crippen LogP contribution in [0.3, 0.4) is 0 Å². The largest absolute Gasteiger partial charge is 0.456 e. The molecule has 2 aliphatic carbocycles. The van der Waals surface area contributed by atoms with E-state index in [4.69, 9.17) is 8.83 Å². The summed E-state index contributed by atoms with van der Waals surface area (Å²) in [4.78, 5) is 4.80. The fraction of sp³-hybridized carbons (Fsp3) is 0.0370. The van der Waals surface area contributed by atoms with Crippen molar-refractivity contribution in [1.29, 1.82) is 0 Å². The Bertz CT molecular complexity index is 5670. The molecule has 4 aromatic heterocycles. The maximum absolute atomic E-state index is 6.65. The van der Waals surface area contributed by atoms with Gasteiger partial charge in [0.1, 0.15) is 22.3 Å². The van der Waals surface area contributed by atoms with Crippen LogP contribution in [-0.2, 0) is 5.41 Å². The Kier molecular flexibility index (Phi) is 9.61. The Labute approximate surface area is 495 Å². The number of furan rings is 2. The molecule has 13 aromatic carbocycles. The summed E-state index contributed by atoms with van der Waals surface area (Å²) in [5.41, 5.74) is 28.1. The predicted octanol–water partition coefficient (Wildman–Crippen LogP) is 22.2. The maximum Gasteiger partial charge on any atom is 0.137 e. The Hall–Kier alpha value is -11.1. The van der Waals surface area contributed by atoms with Crippen LogP contribution < -0.4 is 9.80 Å². The molecule has 0 saturated heterocycles. The Morgan fingerprint density at radius 3 is 1.44 bits per heavy atom. The summed E-state index contributed by atoms with van der Waals surface area (Å²) in [6, 6.07) is 101. The first-order valence-corrected chi connectivity index (χ1v) is 29.7. The molecule has 0 aliphatic heterocycles. The summed E-state index contributed by atoms with van der Waals surface area (Å²) in [5.74, 6) is 0. The van der Waals surface area contributed by atoms with Crippen molar-refractivity contribution in [2.45, 2.75) is 19.3 Å². The average Bonchev–Trinajstić information content (AvgIpc) is 1.50. The van der Waals surface area contributed by atoms with Crippen LogP contribution >= 0.6 is 0 Å². The number of rotatable bonds is 7. The number of aromatic nitrogens is 1. The number of para-hydroxylation sites is 2. The molecule has 0 radical (unpaired) electrons. The predicted molar refractivity (Wildman–Crippen MR) is 356 cm³/mol. The van der Waals surface area contributed by atoms with Crippen LogP contribution in [0.4, 0.5) is 34.1 Å². The summed E-state index contributed by atoms with van der Waals surface area (Å²) in [7, 11) is 0. The van der Waals surface area contributed by atoms with Gasteiger partial charge in [-0.1, -0.05) is 176 Å². The van der Waals surface area contributed by atoms with Crippen LogP contribution in [0.25, 0.3) is 115 Å². The van der Waals surface area contributed by atoms with E-state index in [1.165, 1.54) is 93.7 Å². The summed E-state index contributed by atoms with van der Waals surface area (Å²) in [5, 5.41) is 9.30. The van der Waals surface area contributed by atoms with Crippen molar-refractivity contribution < 1.29 is 8.83 Å². The first-order chi connectivity index (χ1) is 42.5. The minimum Gasteiger partial charge on any atom is -0.456 e. The van der Waals surface area contributed by atoms with Crippen molar-refractivity contribution in [1.82, 2.24) is 4.40 Å². The summed E-state index contributed by atoms with van der Waals surface area (Å²) >= 11 is 0. The SMILES string of the molecule is Cc1cccc(N(c2ccc(-c3ccc4c5ccc(N(c6cccc(C)c6)c6ccc7c(c6)oc6ccccc67)c6c7ccc8c(c7n(c4c3)c56)-c3ccccc3C83c4ccccc4-c4ccccc43)cc2)c2ccc3c(c2)oc2ccccc23)c1. The third-order valence-electron chi connectivity index (χ3n) is 19.0. The van der Waals surface area contributed by atoms with Gasteiger partial charge in [-0.15, -0.1) is 0 Å². The molecule has 5 heteroatoms. The first kappa shape index (κ1) is 47.4. The van der Waals surface area contributed by atoms with Gasteiger partial charge in [-0.25, -0.2) is 0 Å². The molecule has 1 spiro atoms. The van der Waals surface area contributed by atoms with Crippen molar-refractivity contribution in [2.75, 3.05) is 9.80 Å². The molecule has 17 aromatic rings. The lowest BCUT2D eigenvalue weighted by Crippen LogP contribution is -2.25. The summed E-state index contributed by atoms with van der Waals surface area (Å²) in [6.07, 6.45) is 0. The highest BCUT2D eigenvalue weighted by molar-refractivity contribution is 6.30. The van der Waals surface area contributed by atoms with E-state index < -0.39 is 5.41 Å². The zero-order chi connectivity index (χ0) is 56.5. The third kappa shape index (κ3) is 6.38. The van der Waals surface area contributed by atoms with Gasteiger partial charge in [0.25, 0.3) is 0 Å². The summed E-state index contributed by atoms with van der Waals surface area (Å²) < 4.78 is 15.8. The molecule has 0 atom stereocenters. The van der Waals surface area contributed by atoms with Crippen LogP contribution in [0.5, 0.6) is 0 Å². The van der Waals surface area contributed by atoms with Gasteiger partial charge in [-0.3, -0.25) is 0 Å². The number of fused-ring (bicyclic) bond motifs is 23. The van der Waals surface area contributed by atoms with Crippen molar-refractivity contribution in [3.05, 3.63) is 306 Å². The molecule has 2 aliphatic rings. The van der Waals surface area contributed by atoms with E-state index in [0.717, 1.165) is 89.1 Å². The van der Waals surface area contributed by atoms with Crippen LogP contribution in [0.15, 0.2) is 282 Å². The van der Waals surface area contributed by atoms with E-state index in [2.05, 4.69) is 283 Å². The normalized spacial score (nSPS) is 13.1. The number of nitrogens with zero attached hydrogens (tertiary/aromatic N) is 3. The van der Waals surface area contributed by atoms with Gasteiger partial charge in [0.2, 0.25) is 0 Å². The van der Waals surface area contributed by atoms with E-state index >= 15 is 0 Å². The van der Waals surface area contributed by atoms with Crippen molar-refractivity contribution >= 4 is 116 Å². The maximum atomic E-state index is 6.65. The fourth-order valence-electron chi connectivity index (χ4n) is 15.5. The Morgan fingerprint density at radius 2 is 0.802 bits per heavy atom. The topological polar surface area (TPSA) is 37.2 Å². The molecule has 5 nitrogen and oxygen atoms in total. The second-order valence-corrected chi connectivity index (χ2v) is 23.6. The second kappa shape index (κ2) is 17.5. The van der Waals surface area contributed by atoms with Gasteiger partial charge < -0.3 is 23.0 Å². The highest BCUT2D eigenvalue weighted by Gasteiger charge is 2.52. The molecule has 0 fully saturated rings. The standard InChI is InChI=1S/C81H51N3O2/c1-48-15-13-17-53(43-48)82(55-34-37-62-60-21-6-11-27-73(60)85-75(62)46-55)52-32-29-50(30-33-52)51-31-36-59-64-40-42-71(83(54-18-14-16-49(2)44-54)56-35-38-63-61-22-7-12-28-74(61)86-76(63)47-56)78-66-39-41-70-77(80(66)84(79(64)78)72(59)45-51)65-23-5-10-26-69(65)81(70)67-24-8-3-19-57(67)58-20-4-9-25-68(58)81/h3-47H,1-2H3. The molecule has 4 heterocycles. The van der Waals surface area contributed by atoms with Gasteiger partial charge in [-0.2, -0.15) is 0 Å². The minimum absolute atomic E-state index is 0.513. The lowest BCUT2D eigenvalue weighted by atomic mass is 9.70. The van der Waals surface area contributed by atoms with Gasteiger partial charge in [0, 0.05) is 89.2 Å². The summed E-state index contributed by atoms with van der Waals surface area (Å²) in [6.45, 7) is 4.34. The van der Waals surface area contributed by atoms with Crippen LogP contribution in [0.2, 0.25) is 0 Å². The minimum atomic E-state index is -0.513. The third-order valence-corrected chi connectivity index (χ3v) is 19.0. The smallest absolute Gasteiger partial charge is 0.137 e. The molecule has 0 N–H and O–H groups in total. The number of hydrogen-bond acceptors (Lipinski definition) is 4. The average molecular weight is 1100 g/mol. The molecule has 0 saturated carbocycles. The quantitative estimate of drug-likeness (QED) is 0.159. The van der Waals surface area contributed by atoms with Gasteiger partial charge in [-0.05, 0) is 160 Å². The Morgan fingerprint density at radius 1 is 0.314 bits per heavy atom. The number of benzene rings is 13. The molecule has 86 heavy (non-hydrogen) atoms. The molecule has 19 rings (SSSR count). The zero-order valence-electron chi connectivity index (χ0n) is 47.1. The van der Waals surface area contributed by atoms with Crippen LogP contribution in [0, 0.1) is 13.8 Å². The molecule has 0 unspecified atom stereocenters. The van der Waals surface area contributed by atoms with Crippen molar-refractivity contribution in [3.63, 3.8) is 0 Å². The Balaban J connectivity index is 0.862.